The number of nitrogens with zero attached hydrogens (tertiary/aromatic N) is 1. The second-order valence-electron chi connectivity index (χ2n) is 4.00. The van der Waals surface area contributed by atoms with Gasteiger partial charge in [-0.25, -0.2) is 0 Å². The van der Waals surface area contributed by atoms with Crippen LogP contribution in [0.3, 0.4) is 0 Å². The van der Waals surface area contributed by atoms with Crippen molar-refractivity contribution in [2.75, 3.05) is 0 Å². The molecule has 2 aromatic rings. The molecule has 0 unspecified atom stereocenters. The first kappa shape index (κ1) is 15.3. The van der Waals surface area contributed by atoms with Crippen LogP contribution in [0.1, 0.15) is 5.56 Å². The van der Waals surface area contributed by atoms with E-state index < -0.39 is 4.92 Å². The van der Waals surface area contributed by atoms with Crippen LogP contribution in [0.2, 0.25) is 5.02 Å². The lowest BCUT2D eigenvalue weighted by molar-refractivity contribution is -0.385. The minimum atomic E-state index is -0.511. The molecule has 0 atom stereocenters. The molecule has 0 saturated heterocycles. The zero-order valence-electron chi connectivity index (χ0n) is 10.5. The molecule has 0 amide bonds. The molecular weight excluding hydrogens is 362 g/mol. The Kier molecular flexibility index (Phi) is 4.44. The normalized spacial score (nSPS) is 10.2. The van der Waals surface area contributed by atoms with Crippen molar-refractivity contribution in [3.05, 3.63) is 61.6 Å². The molecule has 0 bridgehead atoms. The highest BCUT2D eigenvalue weighted by atomic mass is 79.9. The Morgan fingerprint density at radius 3 is 2.67 bits per heavy atom. The van der Waals surface area contributed by atoms with E-state index in [-0.39, 0.29) is 26.8 Å². The number of nitrogens with one attached hydrogen (secondary N) is 1. The lowest BCUT2D eigenvalue weighted by Gasteiger charge is -2.09. The summed E-state index contributed by atoms with van der Waals surface area (Å²) in [6, 6.07) is 9.08. The minimum absolute atomic E-state index is 0.0982. The van der Waals surface area contributed by atoms with Crippen LogP contribution in [0, 0.1) is 15.5 Å². The van der Waals surface area contributed by atoms with Crippen molar-refractivity contribution < 1.29 is 9.66 Å². The van der Waals surface area contributed by atoms with Gasteiger partial charge in [-0.2, -0.15) is 0 Å². The van der Waals surface area contributed by atoms with Crippen LogP contribution >= 0.6 is 27.5 Å². The Balaban J connectivity index is 2.35. The quantitative estimate of drug-likeness (QED) is 0.366. The van der Waals surface area contributed by atoms with Crippen LogP contribution in [-0.2, 0) is 0 Å². The summed E-state index contributed by atoms with van der Waals surface area (Å²) in [6.45, 7) is 0. The van der Waals surface area contributed by atoms with Crippen molar-refractivity contribution >= 4 is 39.1 Å². The number of benzene rings is 2. The molecular formula is C13H9BrClN3O3. The third kappa shape index (κ3) is 3.32. The molecule has 0 aromatic heterocycles. The van der Waals surface area contributed by atoms with E-state index in [2.05, 4.69) is 15.9 Å². The van der Waals surface area contributed by atoms with E-state index in [0.717, 1.165) is 0 Å². The molecule has 0 fully saturated rings. The molecule has 0 aliphatic heterocycles. The fourth-order valence-corrected chi connectivity index (χ4v) is 2.39. The number of ether oxygens (including phenoxy) is 1. The monoisotopic (exact) mass is 369 g/mol. The molecule has 108 valence electrons. The first-order chi connectivity index (χ1) is 9.90. The Morgan fingerprint density at radius 1 is 1.38 bits per heavy atom. The van der Waals surface area contributed by atoms with Gasteiger partial charge in [-0.05, 0) is 34.1 Å². The average Bonchev–Trinajstić information content (AvgIpc) is 2.40. The van der Waals surface area contributed by atoms with Crippen LogP contribution in [0.5, 0.6) is 11.5 Å². The maximum absolute atomic E-state index is 10.9. The van der Waals surface area contributed by atoms with Crippen molar-refractivity contribution in [3.63, 3.8) is 0 Å². The van der Waals surface area contributed by atoms with Crippen LogP contribution in [0.15, 0.2) is 40.9 Å². The van der Waals surface area contributed by atoms with E-state index in [0.29, 0.717) is 11.3 Å². The Morgan fingerprint density at radius 2 is 2.10 bits per heavy atom. The Bertz CT molecular complexity index is 737. The van der Waals surface area contributed by atoms with E-state index in [9.17, 15) is 10.1 Å². The van der Waals surface area contributed by atoms with Gasteiger partial charge in [0.25, 0.3) is 5.69 Å². The summed E-state index contributed by atoms with van der Waals surface area (Å²) < 4.78 is 5.81. The molecule has 21 heavy (non-hydrogen) atoms. The van der Waals surface area contributed by atoms with Crippen molar-refractivity contribution in [2.24, 2.45) is 5.73 Å². The average molecular weight is 371 g/mol. The number of hydrogen-bond donors (Lipinski definition) is 2. The lowest BCUT2D eigenvalue weighted by Crippen LogP contribution is -2.11. The number of nitro benzene ring substituents is 1. The smallest absolute Gasteiger partial charge is 0.287 e. The second kappa shape index (κ2) is 6.11. The predicted molar refractivity (Wildman–Crippen MR) is 83.3 cm³/mol. The highest BCUT2D eigenvalue weighted by molar-refractivity contribution is 9.10. The summed E-state index contributed by atoms with van der Waals surface area (Å²) in [5.74, 6) is 0.519. The summed E-state index contributed by atoms with van der Waals surface area (Å²) in [5.41, 5.74) is 5.66. The number of nitrogen functional groups attached to an aromatic ring is 1. The van der Waals surface area contributed by atoms with Crippen LogP contribution in [0.4, 0.5) is 5.69 Å². The largest absolute Gasteiger partial charge is 0.456 e. The second-order valence-corrected chi connectivity index (χ2v) is 5.20. The van der Waals surface area contributed by atoms with Crippen molar-refractivity contribution in [2.45, 2.75) is 0 Å². The van der Waals surface area contributed by atoms with Crippen LogP contribution in [0.25, 0.3) is 0 Å². The zero-order chi connectivity index (χ0) is 15.6. The molecule has 3 N–H and O–H groups in total. The van der Waals surface area contributed by atoms with Gasteiger partial charge in [0.1, 0.15) is 21.8 Å². The van der Waals surface area contributed by atoms with Crippen LogP contribution < -0.4 is 10.5 Å². The van der Waals surface area contributed by atoms with Crippen molar-refractivity contribution in [1.82, 2.24) is 0 Å². The van der Waals surface area contributed by atoms with Gasteiger partial charge in [0.15, 0.2) is 0 Å². The fourth-order valence-electron chi connectivity index (χ4n) is 1.62. The molecule has 2 aromatic carbocycles. The summed E-state index contributed by atoms with van der Waals surface area (Å²) in [4.78, 5) is 10.4. The highest BCUT2D eigenvalue weighted by Crippen LogP contribution is 2.37. The van der Waals surface area contributed by atoms with E-state index in [4.69, 9.17) is 27.5 Å². The predicted octanol–water partition coefficient (Wildman–Crippen LogP) is 4.09. The van der Waals surface area contributed by atoms with Gasteiger partial charge < -0.3 is 10.5 Å². The molecule has 8 heteroatoms. The molecule has 6 nitrogen and oxygen atoms in total. The Hall–Kier alpha value is -2.12. The van der Waals surface area contributed by atoms with Gasteiger partial charge >= 0.3 is 0 Å². The maximum Gasteiger partial charge on any atom is 0.287 e. The number of nitrogens with two attached hydrogens (primary N) is 1. The lowest BCUT2D eigenvalue weighted by atomic mass is 10.2. The van der Waals surface area contributed by atoms with Gasteiger partial charge in [0.05, 0.1) is 9.95 Å². The van der Waals surface area contributed by atoms with Gasteiger partial charge in [0.2, 0.25) is 0 Å². The van der Waals surface area contributed by atoms with Crippen LogP contribution in [-0.4, -0.2) is 10.8 Å². The number of rotatable bonds is 4. The van der Waals surface area contributed by atoms with E-state index in [1.807, 2.05) is 0 Å². The van der Waals surface area contributed by atoms with E-state index in [1.165, 1.54) is 18.2 Å². The maximum atomic E-state index is 10.9. The topological polar surface area (TPSA) is 102 Å². The number of hydrogen-bond acceptors (Lipinski definition) is 4. The fraction of sp³-hybridized carbons (Fsp3) is 0. The molecule has 0 radical (unpaired) electrons. The van der Waals surface area contributed by atoms with Crippen molar-refractivity contribution in [3.8, 4) is 11.5 Å². The van der Waals surface area contributed by atoms with E-state index in [1.54, 1.807) is 18.2 Å². The minimum Gasteiger partial charge on any atom is -0.456 e. The van der Waals surface area contributed by atoms with Gasteiger partial charge in [-0.3, -0.25) is 15.5 Å². The number of nitro groups is 1. The third-order valence-corrected chi connectivity index (χ3v) is 3.71. The summed E-state index contributed by atoms with van der Waals surface area (Å²) in [6.07, 6.45) is 0. The summed E-state index contributed by atoms with van der Waals surface area (Å²) >= 11 is 9.13. The number of amidine groups is 1. The molecule has 0 saturated carbocycles. The Labute approximate surface area is 133 Å². The van der Waals surface area contributed by atoms with Gasteiger partial charge in [0, 0.05) is 17.7 Å². The third-order valence-electron chi connectivity index (χ3n) is 2.60. The molecule has 0 aliphatic carbocycles. The molecule has 0 spiro atoms. The highest BCUT2D eigenvalue weighted by Gasteiger charge is 2.16. The molecule has 0 aliphatic rings. The van der Waals surface area contributed by atoms with Crippen molar-refractivity contribution in [1.29, 1.82) is 5.41 Å². The van der Waals surface area contributed by atoms with Gasteiger partial charge in [-0.15, -0.1) is 0 Å². The molecule has 0 heterocycles. The number of halogens is 2. The molecule has 2 rings (SSSR count). The first-order valence-electron chi connectivity index (χ1n) is 5.65. The summed E-state index contributed by atoms with van der Waals surface area (Å²) in [5, 5.41) is 18.5. The zero-order valence-corrected chi connectivity index (χ0v) is 12.8. The summed E-state index contributed by atoms with van der Waals surface area (Å²) in [7, 11) is 0. The standard InChI is InChI=1S/C13H9BrClN3O3/c14-12-10(18(19)20)2-1-3-11(12)21-7-4-5-8(13(16)17)9(15)6-7/h1-6H,(H3,16,17). The van der Waals surface area contributed by atoms with Gasteiger partial charge in [-0.1, -0.05) is 17.7 Å². The SMILES string of the molecule is N=C(N)c1ccc(Oc2cccc([N+](=O)[O-])c2Br)cc1Cl. The van der Waals surface area contributed by atoms with E-state index >= 15 is 0 Å². The first-order valence-corrected chi connectivity index (χ1v) is 6.82.